The Balaban J connectivity index is 2.55. The van der Waals surface area contributed by atoms with E-state index in [1.54, 1.807) is 0 Å². The number of fused-ring (bicyclic) bond motifs is 1. The average molecular weight is 237 g/mol. The Morgan fingerprint density at radius 3 is 2.75 bits per heavy atom. The summed E-state index contributed by atoms with van der Waals surface area (Å²) < 4.78 is 23.9. The van der Waals surface area contributed by atoms with Crippen LogP contribution >= 0.6 is 0 Å². The van der Waals surface area contributed by atoms with E-state index in [2.05, 4.69) is 0 Å². The van der Waals surface area contributed by atoms with E-state index in [0.717, 1.165) is 29.5 Å². The second kappa shape index (κ2) is 4.03. The maximum absolute atomic E-state index is 11.9. The first kappa shape index (κ1) is 11.4. The fraction of sp³-hybridized carbons (Fsp3) is 0.333. The number of nitrogens with two attached hydrogens (primary N) is 1. The molecule has 1 heterocycles. The van der Waals surface area contributed by atoms with E-state index in [1.165, 1.54) is 5.41 Å². The van der Waals surface area contributed by atoms with Gasteiger partial charge in [-0.2, -0.15) is 0 Å². The maximum Gasteiger partial charge on any atom is 0.200 e. The third kappa shape index (κ3) is 1.79. The summed E-state index contributed by atoms with van der Waals surface area (Å²) in [6.07, 6.45) is 1.53. The van der Waals surface area contributed by atoms with Crippen molar-refractivity contribution in [2.45, 2.75) is 24.7 Å². The summed E-state index contributed by atoms with van der Waals surface area (Å²) in [6, 6.07) is 5.64. The van der Waals surface area contributed by atoms with Crippen molar-refractivity contribution in [1.82, 2.24) is 0 Å². The molecule has 0 amide bonds. The first-order valence-corrected chi connectivity index (χ1v) is 6.86. The molecule has 1 aromatic carbocycles. The van der Waals surface area contributed by atoms with Crippen LogP contribution in [0, 0.1) is 0 Å². The highest BCUT2D eigenvalue weighted by molar-refractivity contribution is 7.95. The first-order chi connectivity index (χ1) is 7.56. The summed E-state index contributed by atoms with van der Waals surface area (Å²) in [5, 5.41) is 1.35. The SMILES string of the molecule is CC1=CS(=O)(=O)c2c(CCCN)cccc21. The highest BCUT2D eigenvalue weighted by Crippen LogP contribution is 2.35. The summed E-state index contributed by atoms with van der Waals surface area (Å²) in [5.74, 6) is 0. The molecule has 2 N–H and O–H groups in total. The number of allylic oxidation sites excluding steroid dienone is 1. The highest BCUT2D eigenvalue weighted by Gasteiger charge is 2.27. The zero-order valence-corrected chi connectivity index (χ0v) is 10.0. The molecule has 0 atom stereocenters. The summed E-state index contributed by atoms with van der Waals surface area (Å²) in [4.78, 5) is 0.487. The van der Waals surface area contributed by atoms with Gasteiger partial charge < -0.3 is 5.73 Å². The zero-order valence-electron chi connectivity index (χ0n) is 9.23. The van der Waals surface area contributed by atoms with Gasteiger partial charge in [0.15, 0.2) is 0 Å². The molecule has 2 rings (SSSR count). The Bertz CT molecular complexity index is 544. The number of sulfone groups is 1. The molecule has 4 heteroatoms. The molecule has 0 spiro atoms. The Kier molecular flexibility index (Phi) is 2.86. The Morgan fingerprint density at radius 2 is 2.06 bits per heavy atom. The fourth-order valence-corrected chi connectivity index (χ4v) is 3.86. The van der Waals surface area contributed by atoms with Crippen LogP contribution < -0.4 is 5.73 Å². The lowest BCUT2D eigenvalue weighted by Gasteiger charge is -2.07. The maximum atomic E-state index is 11.9. The molecular weight excluding hydrogens is 222 g/mol. The van der Waals surface area contributed by atoms with E-state index >= 15 is 0 Å². The fourth-order valence-electron chi connectivity index (χ4n) is 2.08. The molecule has 0 saturated carbocycles. The summed E-state index contributed by atoms with van der Waals surface area (Å²) in [7, 11) is -3.22. The van der Waals surface area contributed by atoms with Gasteiger partial charge in [0.2, 0.25) is 9.84 Å². The molecule has 0 aliphatic carbocycles. The van der Waals surface area contributed by atoms with Gasteiger partial charge in [-0.15, -0.1) is 0 Å². The topological polar surface area (TPSA) is 60.2 Å². The van der Waals surface area contributed by atoms with Crippen molar-refractivity contribution < 1.29 is 8.42 Å². The van der Waals surface area contributed by atoms with Crippen molar-refractivity contribution in [3.63, 3.8) is 0 Å². The summed E-state index contributed by atoms with van der Waals surface area (Å²) in [6.45, 7) is 2.41. The third-order valence-electron chi connectivity index (χ3n) is 2.79. The van der Waals surface area contributed by atoms with Gasteiger partial charge in [0, 0.05) is 5.41 Å². The predicted octanol–water partition coefficient (Wildman–Crippen LogP) is 1.73. The van der Waals surface area contributed by atoms with Gasteiger partial charge in [0.05, 0.1) is 4.90 Å². The number of hydrogen-bond acceptors (Lipinski definition) is 3. The smallest absolute Gasteiger partial charge is 0.200 e. The van der Waals surface area contributed by atoms with Gasteiger partial charge in [0.25, 0.3) is 0 Å². The molecule has 1 aliphatic heterocycles. The minimum Gasteiger partial charge on any atom is -0.330 e. The van der Waals surface area contributed by atoms with E-state index in [-0.39, 0.29) is 0 Å². The van der Waals surface area contributed by atoms with Gasteiger partial charge >= 0.3 is 0 Å². The van der Waals surface area contributed by atoms with Crippen LogP contribution in [0.1, 0.15) is 24.5 Å². The molecular formula is C12H15NO2S. The first-order valence-electron chi connectivity index (χ1n) is 5.32. The van der Waals surface area contributed by atoms with Crippen LogP contribution in [0.2, 0.25) is 0 Å². The van der Waals surface area contributed by atoms with E-state index < -0.39 is 9.84 Å². The van der Waals surface area contributed by atoms with Gasteiger partial charge in [-0.3, -0.25) is 0 Å². The zero-order chi connectivity index (χ0) is 11.8. The second-order valence-corrected chi connectivity index (χ2v) is 5.77. The number of hydrogen-bond donors (Lipinski definition) is 1. The minimum absolute atomic E-state index is 0.487. The summed E-state index contributed by atoms with van der Waals surface area (Å²) >= 11 is 0. The molecule has 0 bridgehead atoms. The standard InChI is InChI=1S/C12H15NO2S/c1-9-8-16(14,15)12-10(5-3-7-13)4-2-6-11(9)12/h2,4,6,8H,3,5,7,13H2,1H3. The van der Waals surface area contributed by atoms with Gasteiger partial charge in [-0.25, -0.2) is 8.42 Å². The van der Waals surface area contributed by atoms with Crippen molar-refractivity contribution in [2.24, 2.45) is 5.73 Å². The lowest BCUT2D eigenvalue weighted by atomic mass is 10.0. The Hall–Kier alpha value is -1.13. The number of aryl methyl sites for hydroxylation is 1. The van der Waals surface area contributed by atoms with E-state index in [0.29, 0.717) is 11.4 Å². The molecule has 3 nitrogen and oxygen atoms in total. The van der Waals surface area contributed by atoms with Crippen LogP contribution in [0.3, 0.4) is 0 Å². The molecule has 86 valence electrons. The van der Waals surface area contributed by atoms with Crippen molar-refractivity contribution >= 4 is 15.4 Å². The van der Waals surface area contributed by atoms with E-state index in [4.69, 9.17) is 5.73 Å². The van der Waals surface area contributed by atoms with Crippen LogP contribution in [-0.4, -0.2) is 15.0 Å². The quantitative estimate of drug-likeness (QED) is 0.870. The van der Waals surface area contributed by atoms with Crippen LogP contribution in [0.4, 0.5) is 0 Å². The highest BCUT2D eigenvalue weighted by atomic mass is 32.2. The van der Waals surface area contributed by atoms with Gasteiger partial charge in [-0.1, -0.05) is 18.2 Å². The van der Waals surface area contributed by atoms with Crippen molar-refractivity contribution in [1.29, 1.82) is 0 Å². The van der Waals surface area contributed by atoms with Crippen molar-refractivity contribution in [3.8, 4) is 0 Å². The van der Waals surface area contributed by atoms with Gasteiger partial charge in [-0.05, 0) is 43.0 Å². The minimum atomic E-state index is -3.22. The van der Waals surface area contributed by atoms with Crippen LogP contribution in [0.15, 0.2) is 28.5 Å². The van der Waals surface area contributed by atoms with Crippen LogP contribution in [-0.2, 0) is 16.3 Å². The van der Waals surface area contributed by atoms with Crippen LogP contribution in [0.25, 0.3) is 5.57 Å². The molecule has 0 saturated heterocycles. The van der Waals surface area contributed by atoms with Gasteiger partial charge in [0.1, 0.15) is 0 Å². The number of rotatable bonds is 3. The lowest BCUT2D eigenvalue weighted by molar-refractivity contribution is 0.604. The monoisotopic (exact) mass is 237 g/mol. The largest absolute Gasteiger partial charge is 0.330 e. The number of benzene rings is 1. The van der Waals surface area contributed by atoms with E-state index in [1.807, 2.05) is 25.1 Å². The van der Waals surface area contributed by atoms with Crippen molar-refractivity contribution in [3.05, 3.63) is 34.7 Å². The Labute approximate surface area is 95.9 Å². The molecule has 16 heavy (non-hydrogen) atoms. The summed E-state index contributed by atoms with van der Waals surface area (Å²) in [5.41, 5.74) is 8.01. The second-order valence-electron chi connectivity index (χ2n) is 4.03. The molecule has 0 aromatic heterocycles. The Morgan fingerprint density at radius 1 is 1.31 bits per heavy atom. The molecule has 0 radical (unpaired) electrons. The molecule has 0 fully saturated rings. The molecule has 0 unspecified atom stereocenters. The average Bonchev–Trinajstić information content (AvgIpc) is 2.47. The van der Waals surface area contributed by atoms with E-state index in [9.17, 15) is 8.42 Å². The molecule has 1 aliphatic rings. The van der Waals surface area contributed by atoms with Crippen molar-refractivity contribution in [2.75, 3.05) is 6.54 Å². The normalized spacial score (nSPS) is 17.0. The van der Waals surface area contributed by atoms with Crippen LogP contribution in [0.5, 0.6) is 0 Å². The third-order valence-corrected chi connectivity index (χ3v) is 4.50. The molecule has 1 aromatic rings. The predicted molar refractivity (Wildman–Crippen MR) is 64.7 cm³/mol. The lowest BCUT2D eigenvalue weighted by Crippen LogP contribution is -2.04.